The molecular formula is C6H4NNaO5S. The third-order valence-electron chi connectivity index (χ3n) is 1.05. The Morgan fingerprint density at radius 2 is 2.07 bits per heavy atom. The Balaban J connectivity index is 0.00000169. The number of aromatic nitrogens is 1. The molecule has 0 saturated heterocycles. The number of hydrogen-bond donors (Lipinski definition) is 0. The molecule has 1 aromatic heterocycles. The first-order valence-electron chi connectivity index (χ1n) is 3.10. The van der Waals surface area contributed by atoms with Crippen LogP contribution in [-0.2, 0) is 14.6 Å². The van der Waals surface area contributed by atoms with E-state index in [4.69, 9.17) is 0 Å². The smallest absolute Gasteiger partial charge is 0.716 e. The van der Waals surface area contributed by atoms with Crippen molar-refractivity contribution < 1.29 is 51.5 Å². The topological polar surface area (TPSA) is 96.4 Å². The van der Waals surface area contributed by atoms with E-state index in [-0.39, 0.29) is 35.3 Å². The van der Waals surface area contributed by atoms with E-state index in [0.29, 0.717) is 0 Å². The average Bonchev–Trinajstić information content (AvgIpc) is 2.03. The molecule has 0 atom stereocenters. The summed E-state index contributed by atoms with van der Waals surface area (Å²) in [6.45, 7) is 0. The molecule has 14 heavy (non-hydrogen) atoms. The van der Waals surface area contributed by atoms with Gasteiger partial charge in [-0.1, -0.05) is 6.07 Å². The zero-order valence-corrected chi connectivity index (χ0v) is 10.0. The molecule has 1 aromatic rings. The fourth-order valence-electron chi connectivity index (χ4n) is 0.619. The van der Waals surface area contributed by atoms with Crippen molar-refractivity contribution in [1.29, 1.82) is 0 Å². The number of nitrogens with zero attached hydrogens (tertiary/aromatic N) is 1. The van der Waals surface area contributed by atoms with Gasteiger partial charge in [0.05, 0.1) is 0 Å². The van der Waals surface area contributed by atoms with Crippen LogP contribution in [0.3, 0.4) is 0 Å². The molecule has 0 fully saturated rings. The second kappa shape index (κ2) is 5.42. The fourth-order valence-corrected chi connectivity index (χ4v) is 0.890. The first-order chi connectivity index (χ1) is 5.99. The van der Waals surface area contributed by atoms with Crippen LogP contribution in [0.15, 0.2) is 24.4 Å². The molecule has 0 radical (unpaired) electrons. The molecule has 6 nitrogen and oxygen atoms in total. The van der Waals surface area contributed by atoms with Crippen molar-refractivity contribution in [3.05, 3.63) is 30.1 Å². The summed E-state index contributed by atoms with van der Waals surface area (Å²) in [5.41, 5.74) is -0.234. The number of carbonyl (C=O) groups excluding carboxylic acids is 1. The van der Waals surface area contributed by atoms with Gasteiger partial charge in [0.1, 0.15) is 5.69 Å². The SMILES string of the molecule is O=C(OS(=O)(=O)[O-])c1ccccn1.[Na+]. The molecule has 0 spiro atoms. The normalized spacial score (nSPS) is 10.1. The summed E-state index contributed by atoms with van der Waals surface area (Å²) in [6.07, 6.45) is 1.27. The van der Waals surface area contributed by atoms with Gasteiger partial charge in [0.15, 0.2) is 0 Å². The summed E-state index contributed by atoms with van der Waals surface area (Å²) in [5.74, 6) is -1.28. The molecule has 0 aliphatic heterocycles. The van der Waals surface area contributed by atoms with E-state index in [2.05, 4.69) is 9.17 Å². The minimum Gasteiger partial charge on any atom is -0.716 e. The fraction of sp³-hybridized carbons (Fsp3) is 0. The average molecular weight is 225 g/mol. The van der Waals surface area contributed by atoms with Gasteiger partial charge in [-0.3, -0.25) is 0 Å². The standard InChI is InChI=1S/C6H5NO5S.Na/c8-6(12-13(9,10)11)5-3-1-2-4-7-5;/h1-4H,(H,9,10,11);/q;+1/p-1. The largest absolute Gasteiger partial charge is 1.00 e. The van der Waals surface area contributed by atoms with E-state index < -0.39 is 16.4 Å². The van der Waals surface area contributed by atoms with Gasteiger partial charge >= 0.3 is 35.5 Å². The minimum atomic E-state index is -5.01. The Labute approximate surface area is 103 Å². The summed E-state index contributed by atoms with van der Waals surface area (Å²) < 4.78 is 33.5. The van der Waals surface area contributed by atoms with E-state index >= 15 is 0 Å². The molecule has 8 heteroatoms. The van der Waals surface area contributed by atoms with Crippen LogP contribution in [0, 0.1) is 0 Å². The first-order valence-corrected chi connectivity index (χ1v) is 4.43. The van der Waals surface area contributed by atoms with Crippen LogP contribution in [0.25, 0.3) is 0 Å². The van der Waals surface area contributed by atoms with Gasteiger partial charge in [0, 0.05) is 6.20 Å². The van der Waals surface area contributed by atoms with Crippen molar-refractivity contribution in [3.63, 3.8) is 0 Å². The molecule has 0 aliphatic rings. The van der Waals surface area contributed by atoms with Gasteiger partial charge in [-0.05, 0) is 12.1 Å². The molecule has 0 N–H and O–H groups in total. The van der Waals surface area contributed by atoms with Gasteiger partial charge in [-0.2, -0.15) is 0 Å². The maximum Gasteiger partial charge on any atom is 1.00 e. The van der Waals surface area contributed by atoms with Crippen molar-refractivity contribution in [2.24, 2.45) is 0 Å². The summed E-state index contributed by atoms with van der Waals surface area (Å²) >= 11 is 0. The van der Waals surface area contributed by atoms with Gasteiger partial charge in [0.25, 0.3) is 10.4 Å². The molecular weight excluding hydrogens is 221 g/mol. The summed E-state index contributed by atoms with van der Waals surface area (Å²) in [7, 11) is -5.01. The van der Waals surface area contributed by atoms with Crippen LogP contribution in [0.5, 0.6) is 0 Å². The number of hydrogen-bond acceptors (Lipinski definition) is 6. The Bertz CT molecular complexity index is 403. The third kappa shape index (κ3) is 4.68. The Kier molecular flexibility index (Phi) is 5.24. The van der Waals surface area contributed by atoms with Crippen LogP contribution < -0.4 is 29.6 Å². The van der Waals surface area contributed by atoms with Crippen molar-refractivity contribution in [2.45, 2.75) is 0 Å². The molecule has 1 rings (SSSR count). The van der Waals surface area contributed by atoms with Crippen LogP contribution in [0.2, 0.25) is 0 Å². The molecule has 0 aromatic carbocycles. The monoisotopic (exact) mass is 225 g/mol. The predicted octanol–water partition coefficient (Wildman–Crippen LogP) is -3.30. The second-order valence-corrected chi connectivity index (χ2v) is 2.98. The van der Waals surface area contributed by atoms with E-state index in [1.54, 1.807) is 0 Å². The zero-order chi connectivity index (χ0) is 9.90. The molecule has 0 saturated carbocycles. The van der Waals surface area contributed by atoms with Crippen LogP contribution in [0.4, 0.5) is 0 Å². The van der Waals surface area contributed by atoms with Crippen LogP contribution in [0.1, 0.15) is 10.5 Å². The Morgan fingerprint density at radius 1 is 1.43 bits per heavy atom. The van der Waals surface area contributed by atoms with E-state index in [1.165, 1.54) is 24.4 Å². The van der Waals surface area contributed by atoms with Crippen LogP contribution in [-0.4, -0.2) is 23.9 Å². The van der Waals surface area contributed by atoms with Crippen molar-refractivity contribution in [3.8, 4) is 0 Å². The van der Waals surface area contributed by atoms with E-state index in [0.717, 1.165) is 0 Å². The zero-order valence-electron chi connectivity index (χ0n) is 7.21. The molecule has 1 heterocycles. The molecule has 0 amide bonds. The first kappa shape index (κ1) is 13.5. The van der Waals surface area contributed by atoms with Crippen molar-refractivity contribution >= 4 is 16.4 Å². The quantitative estimate of drug-likeness (QED) is 0.297. The van der Waals surface area contributed by atoms with Gasteiger partial charge in [-0.15, -0.1) is 0 Å². The van der Waals surface area contributed by atoms with Gasteiger partial charge < -0.3 is 8.74 Å². The van der Waals surface area contributed by atoms with E-state index in [9.17, 15) is 17.8 Å². The maximum atomic E-state index is 10.8. The molecule has 70 valence electrons. The summed E-state index contributed by atoms with van der Waals surface area (Å²) in [6, 6.07) is 4.22. The number of carbonyl (C=O) groups is 1. The predicted molar refractivity (Wildman–Crippen MR) is 39.3 cm³/mol. The maximum absolute atomic E-state index is 10.8. The van der Waals surface area contributed by atoms with Gasteiger partial charge in [0.2, 0.25) is 0 Å². The van der Waals surface area contributed by atoms with Crippen LogP contribution >= 0.6 is 0 Å². The molecule has 0 bridgehead atoms. The minimum absolute atomic E-state index is 0. The molecule has 0 unspecified atom stereocenters. The van der Waals surface area contributed by atoms with Crippen molar-refractivity contribution in [1.82, 2.24) is 4.98 Å². The van der Waals surface area contributed by atoms with E-state index in [1.807, 2.05) is 0 Å². The number of rotatable bonds is 2. The summed E-state index contributed by atoms with van der Waals surface area (Å²) in [5, 5.41) is 0. The molecule has 0 aliphatic carbocycles. The Morgan fingerprint density at radius 3 is 2.50 bits per heavy atom. The van der Waals surface area contributed by atoms with Crippen molar-refractivity contribution in [2.75, 3.05) is 0 Å². The second-order valence-electron chi connectivity index (χ2n) is 1.99. The number of pyridine rings is 1. The summed E-state index contributed by atoms with van der Waals surface area (Å²) in [4.78, 5) is 14.3. The Hall–Kier alpha value is -0.470. The van der Waals surface area contributed by atoms with Gasteiger partial charge in [-0.25, -0.2) is 18.2 Å². The third-order valence-corrected chi connectivity index (χ3v) is 1.41.